The molecule has 3 aliphatic heterocycles. The van der Waals surface area contributed by atoms with Gasteiger partial charge in [0.1, 0.15) is 47.5 Å². The fraction of sp³-hybridized carbons (Fsp3) is 0.488. The molecule has 12 rings (SSSR count). The Bertz CT molecular complexity index is 4360. The van der Waals surface area contributed by atoms with Crippen molar-refractivity contribution in [2.45, 2.75) is 209 Å². The van der Waals surface area contributed by atoms with Gasteiger partial charge < -0.3 is 93.4 Å². The van der Waals surface area contributed by atoms with Crippen molar-refractivity contribution in [2.75, 3.05) is 7.05 Å². The summed E-state index contributed by atoms with van der Waals surface area (Å²) in [5.41, 5.74) is 1.28. The van der Waals surface area contributed by atoms with E-state index in [2.05, 4.69) is 83.1 Å². The van der Waals surface area contributed by atoms with Gasteiger partial charge in [-0.15, -0.1) is 0 Å². The molecule has 3 saturated carbocycles. The number of likely N-dealkylation sites (N-methyl/N-ethyl adjacent to an activating group) is 1. The Morgan fingerprint density at radius 3 is 1.11 bits per heavy atom. The van der Waals surface area contributed by atoms with Crippen LogP contribution in [0.1, 0.15) is 147 Å². The first-order valence-corrected chi connectivity index (χ1v) is 39.5. The van der Waals surface area contributed by atoms with E-state index in [1.165, 1.54) is 80.7 Å². The second-order valence-corrected chi connectivity index (χ2v) is 31.0. The molecular weight excluding hydrogens is 1530 g/mol. The Balaban J connectivity index is 0.000000186. The SMILES string of the molecule is C[C@H]1NC(=O)C(C2CCC2)N(C)C(=O)[C@H](C)[C@H](O)[C@H](Cc2cccnc2)NC(=O)[C@H]1NC(=O)c1ncccc1O.C[C@H]1NC(=O)C(C2CCC2)NC(=O)[C@H](C)[C@H](O)[C@H](Cc2cccnc2)NC(=O)[C@H]1NC(=O)c1ncccc1O.C[C@H]1NC(=O)C(C2CCC2)OC(=O)[C@H](C)[C@H](O)[C@H](Cc2cccnc2)NC(=O)[C@H]1NC(=O)c1ncccc1O. The second kappa shape index (κ2) is 40.6. The van der Waals surface area contributed by atoms with Crippen LogP contribution >= 0.6 is 0 Å². The van der Waals surface area contributed by atoms with Crippen LogP contribution in [0.25, 0.3) is 0 Å². The Labute approximate surface area is 680 Å². The summed E-state index contributed by atoms with van der Waals surface area (Å²) in [6.45, 7) is 9.24. The second-order valence-electron chi connectivity index (χ2n) is 31.0. The molecule has 3 saturated heterocycles. The Hall–Kier alpha value is -12.2. The van der Waals surface area contributed by atoms with Crippen LogP contribution in [-0.2, 0) is 67.2 Å². The van der Waals surface area contributed by atoms with Gasteiger partial charge >= 0.3 is 5.97 Å². The van der Waals surface area contributed by atoms with E-state index in [-0.39, 0.29) is 71.3 Å². The van der Waals surface area contributed by atoms with Crippen molar-refractivity contribution < 1.29 is 92.9 Å². The third kappa shape index (κ3) is 22.1. The quantitative estimate of drug-likeness (QED) is 0.0610. The van der Waals surface area contributed by atoms with Gasteiger partial charge in [-0.3, -0.25) is 72.5 Å². The van der Waals surface area contributed by atoms with Crippen LogP contribution in [-0.4, -0.2) is 234 Å². The first kappa shape index (κ1) is 88.2. The largest absolute Gasteiger partial charge is 0.505 e. The zero-order valence-corrected chi connectivity index (χ0v) is 66.4. The standard InChI is InChI=1S/C28H36N6O6.C27H34N6O6.C27H33N5O7/c1-15-24(36)19(13-17-7-5-11-29-14-17)32-25(37)21(33-26(38)22-20(35)10-6-12-30-22)16(2)31-27(39)23(18-8-4-9-18)34(3)28(15)40;1-14-23(35)18(12-16-6-4-10-28-13-16)31-25(37)20(32-27(39)22-19(34)9-5-11-29-22)15(2)30-26(38)21(33-24(14)36)17-7-3-8-17;1-14-22(34)18(12-16-6-4-10-28-13-16)31-24(35)20(32-25(36)21-19(33)9-5-11-29-21)15(2)30-26(37)23(39-27(14)38)17-7-3-8-17/h5-7,10-12,14-16,18-19,21,23-24,35-36H,4,8-9,13H2,1-3H3,(H,31,39)(H,32,37)(H,33,38);4-6,9-11,13-15,17-18,20-21,23,34-35H,3,7-8,12H2,1-2H3,(H,30,38)(H,31,37)(H,32,39)(H,33,36);4-6,9-11,13-15,17-18,20,22-23,33-34H,3,7-8,12H2,1-2H3,(H,30,37)(H,31,35)(H,32,36)/t15-,16-,19+,21+,23?,24+;14-,15-,18+,20+,21?,23+;14-,15-,18+,20+,22+,23?/m111/s1. The number of pyridine rings is 6. The molecule has 6 fully saturated rings. The highest BCUT2D eigenvalue weighted by molar-refractivity contribution is 6.01. The van der Waals surface area contributed by atoms with Crippen molar-refractivity contribution in [3.8, 4) is 17.2 Å². The third-order valence-electron chi connectivity index (χ3n) is 22.7. The smallest absolute Gasteiger partial charge is 0.312 e. The fourth-order valence-corrected chi connectivity index (χ4v) is 14.9. The van der Waals surface area contributed by atoms with Gasteiger partial charge in [-0.1, -0.05) is 51.3 Å². The summed E-state index contributed by atoms with van der Waals surface area (Å²) in [6, 6.07) is 7.59. The van der Waals surface area contributed by atoms with E-state index in [0.29, 0.717) is 24.0 Å². The van der Waals surface area contributed by atoms with Gasteiger partial charge in [0.2, 0.25) is 41.4 Å². The predicted octanol–water partition coefficient (Wildman–Crippen LogP) is 0.194. The number of hydrogen-bond donors (Lipinski definition) is 16. The molecule has 630 valence electrons. The van der Waals surface area contributed by atoms with E-state index >= 15 is 0 Å². The van der Waals surface area contributed by atoms with Gasteiger partial charge in [0.15, 0.2) is 23.2 Å². The molecule has 16 N–H and O–H groups in total. The summed E-state index contributed by atoms with van der Waals surface area (Å²) >= 11 is 0. The summed E-state index contributed by atoms with van der Waals surface area (Å²) in [6.07, 6.45) is 16.1. The van der Waals surface area contributed by atoms with E-state index in [1.807, 2.05) is 0 Å². The number of carbonyl (C=O) groups excluding carboxylic acids is 12. The first-order chi connectivity index (χ1) is 56.4. The van der Waals surface area contributed by atoms with E-state index < -0.39 is 180 Å². The Kier molecular flexibility index (Phi) is 30.3. The maximum absolute atomic E-state index is 13.7. The Morgan fingerprint density at radius 1 is 0.415 bits per heavy atom. The number of carbonyl (C=O) groups is 12. The highest BCUT2D eigenvalue weighted by Crippen LogP contribution is 2.36. The maximum atomic E-state index is 13.7. The number of aromatic nitrogens is 6. The number of rotatable bonds is 15. The maximum Gasteiger partial charge on any atom is 0.312 e. The molecule has 9 heterocycles. The number of aromatic hydroxyl groups is 3. The molecule has 3 unspecified atom stereocenters. The average Bonchev–Trinajstić information content (AvgIpc) is 0.488. The van der Waals surface area contributed by atoms with Crippen LogP contribution in [0.5, 0.6) is 17.2 Å². The van der Waals surface area contributed by atoms with Crippen molar-refractivity contribution in [2.24, 2.45) is 35.5 Å². The third-order valence-corrected chi connectivity index (χ3v) is 22.7. The first-order valence-electron chi connectivity index (χ1n) is 39.5. The van der Waals surface area contributed by atoms with Crippen LogP contribution < -0.4 is 53.2 Å². The summed E-state index contributed by atoms with van der Waals surface area (Å²) in [5.74, 6) is -12.1. The minimum atomic E-state index is -1.38. The highest BCUT2D eigenvalue weighted by atomic mass is 16.6. The van der Waals surface area contributed by atoms with E-state index in [4.69, 9.17) is 4.74 Å². The van der Waals surface area contributed by atoms with Crippen LogP contribution in [0.3, 0.4) is 0 Å². The minimum absolute atomic E-state index is 0.0630. The summed E-state index contributed by atoms with van der Waals surface area (Å²) < 4.78 is 5.63. The lowest BCUT2D eigenvalue weighted by molar-refractivity contribution is -0.169. The zero-order chi connectivity index (χ0) is 85.2. The van der Waals surface area contributed by atoms with Gasteiger partial charge in [-0.2, -0.15) is 0 Å². The lowest BCUT2D eigenvalue weighted by atomic mass is 9.78. The molecule has 18 atom stereocenters. The number of aliphatic hydroxyl groups excluding tert-OH is 3. The topological polar surface area (TPSA) is 536 Å². The molecule has 3 aliphatic carbocycles. The fourth-order valence-electron chi connectivity index (χ4n) is 14.9. The van der Waals surface area contributed by atoms with Crippen LogP contribution in [0.4, 0.5) is 0 Å². The van der Waals surface area contributed by atoms with Gasteiger partial charge in [0.25, 0.3) is 23.6 Å². The van der Waals surface area contributed by atoms with Gasteiger partial charge in [-0.05, 0) is 169 Å². The van der Waals surface area contributed by atoms with E-state index in [0.717, 1.165) is 50.5 Å². The van der Waals surface area contributed by atoms with Gasteiger partial charge in [-0.25, -0.2) is 15.0 Å². The number of hydrogen-bond acceptors (Lipinski definition) is 25. The average molecular weight is 1630 g/mol. The zero-order valence-electron chi connectivity index (χ0n) is 66.4. The molecule has 36 heteroatoms. The molecule has 6 aromatic heterocycles. The lowest BCUT2D eigenvalue weighted by Crippen LogP contribution is -2.65. The van der Waals surface area contributed by atoms with Gasteiger partial charge in [0.05, 0.1) is 72.3 Å². The molecule has 11 amide bonds. The molecule has 118 heavy (non-hydrogen) atoms. The summed E-state index contributed by atoms with van der Waals surface area (Å²) in [7, 11) is 1.56. The van der Waals surface area contributed by atoms with Crippen molar-refractivity contribution in [1.82, 2.24) is 88.0 Å². The molecular formula is C82H103N17O19. The number of amides is 11. The highest BCUT2D eigenvalue weighted by Gasteiger charge is 2.47. The number of nitrogens with zero attached hydrogens (tertiary/aromatic N) is 7. The monoisotopic (exact) mass is 1630 g/mol. The van der Waals surface area contributed by atoms with Crippen LogP contribution in [0.15, 0.2) is 129 Å². The van der Waals surface area contributed by atoms with Crippen molar-refractivity contribution in [3.63, 3.8) is 0 Å². The molecule has 0 spiro atoms. The number of cyclic esters (lactones) is 1. The van der Waals surface area contributed by atoms with Crippen molar-refractivity contribution >= 4 is 70.9 Å². The van der Waals surface area contributed by atoms with Crippen molar-refractivity contribution in [1.29, 1.82) is 0 Å². The molecule has 0 radical (unpaired) electrons. The van der Waals surface area contributed by atoms with Gasteiger partial charge in [0, 0.05) is 68.7 Å². The predicted molar refractivity (Wildman–Crippen MR) is 420 cm³/mol. The minimum Gasteiger partial charge on any atom is -0.505 e. The summed E-state index contributed by atoms with van der Waals surface area (Å²) in [5, 5.41) is 91.2. The lowest BCUT2D eigenvalue weighted by Gasteiger charge is -2.41. The molecule has 0 aromatic carbocycles. The summed E-state index contributed by atoms with van der Waals surface area (Å²) in [4.78, 5) is 185. The molecule has 6 aliphatic rings. The van der Waals surface area contributed by atoms with Crippen LogP contribution in [0.2, 0.25) is 0 Å². The van der Waals surface area contributed by atoms with Crippen LogP contribution in [0, 0.1) is 35.5 Å². The number of esters is 1. The Morgan fingerprint density at radius 2 is 0.763 bits per heavy atom. The molecule has 6 aromatic rings. The number of nitrogens with one attached hydrogen (secondary N) is 10. The van der Waals surface area contributed by atoms with E-state index in [1.54, 1.807) is 101 Å². The number of aliphatic hydroxyl groups is 3. The molecule has 36 nitrogen and oxygen atoms in total. The van der Waals surface area contributed by atoms with Crippen molar-refractivity contribution in [3.05, 3.63) is 162 Å². The normalized spacial score (nSPS) is 28.5. The molecule has 0 bridgehead atoms. The van der Waals surface area contributed by atoms with E-state index in [9.17, 15) is 88.2 Å². The number of ether oxygens (including phenoxy) is 1.